The maximum atomic E-state index is 4.30. The van der Waals surface area contributed by atoms with E-state index in [4.69, 9.17) is 0 Å². The zero-order valence-corrected chi connectivity index (χ0v) is 22.1. The van der Waals surface area contributed by atoms with Crippen LogP contribution in [0.3, 0.4) is 0 Å². The van der Waals surface area contributed by atoms with Crippen molar-refractivity contribution < 1.29 is 0 Å². The second kappa shape index (κ2) is 12.8. The third-order valence-corrected chi connectivity index (χ3v) is 5.75. The summed E-state index contributed by atoms with van der Waals surface area (Å²) in [5, 5.41) is 18.9. The number of hydrogen-bond donors (Lipinski definition) is 2. The lowest BCUT2D eigenvalue weighted by Crippen LogP contribution is -2.07. The molecule has 0 atom stereocenters. The molecular weight excluding hydrogens is 472 g/mol. The smallest absolute Gasteiger partial charge is 0.176 e. The van der Waals surface area contributed by atoms with Crippen LogP contribution in [0, 0.1) is 0 Å². The monoisotopic (exact) mass is 504 g/mol. The Hall–Kier alpha value is -4.98. The third kappa shape index (κ3) is 7.04. The lowest BCUT2D eigenvalue weighted by atomic mass is 10.2. The first-order chi connectivity index (χ1) is 18.5. The molecule has 192 valence electrons. The number of hydrazone groups is 2. The average molecular weight is 505 g/mol. The molecule has 8 heteroatoms. The molecule has 38 heavy (non-hydrogen) atoms. The van der Waals surface area contributed by atoms with E-state index in [1.807, 2.05) is 76.8 Å². The van der Waals surface area contributed by atoms with E-state index < -0.39 is 0 Å². The van der Waals surface area contributed by atoms with Crippen molar-refractivity contribution in [1.29, 1.82) is 0 Å². The standard InChI is InChI=1S/C30H32N8/c1-37(2)25-17-13-23(14-18-25)9-7-21-31-33-29-27-11-5-6-12-28(27)30(36-35-29)34-32-22-8-10-24-15-19-26(20-16-24)38(3)4/h5-22H,1-4H3,(H,33,35)(H,34,36)/b9-7-,10-8-,31-21+,32-22+. The van der Waals surface area contributed by atoms with Gasteiger partial charge in [0.25, 0.3) is 0 Å². The minimum Gasteiger partial charge on any atom is -0.378 e. The normalized spacial score (nSPS) is 11.8. The molecule has 0 fully saturated rings. The maximum absolute atomic E-state index is 4.30. The highest BCUT2D eigenvalue weighted by Gasteiger charge is 2.07. The van der Waals surface area contributed by atoms with Crippen LogP contribution in [0.5, 0.6) is 0 Å². The number of benzene rings is 3. The second-order valence-corrected chi connectivity index (χ2v) is 8.91. The second-order valence-electron chi connectivity index (χ2n) is 8.91. The molecule has 0 saturated carbocycles. The lowest BCUT2D eigenvalue weighted by Gasteiger charge is -2.11. The summed E-state index contributed by atoms with van der Waals surface area (Å²) in [6.45, 7) is 0. The minimum absolute atomic E-state index is 0.566. The van der Waals surface area contributed by atoms with E-state index in [1.54, 1.807) is 12.4 Å². The molecule has 1 aromatic heterocycles. The van der Waals surface area contributed by atoms with Gasteiger partial charge >= 0.3 is 0 Å². The van der Waals surface area contributed by atoms with Crippen LogP contribution in [0.4, 0.5) is 23.0 Å². The summed E-state index contributed by atoms with van der Waals surface area (Å²) >= 11 is 0. The van der Waals surface area contributed by atoms with Crippen molar-refractivity contribution in [3.8, 4) is 0 Å². The van der Waals surface area contributed by atoms with E-state index in [2.05, 4.69) is 89.6 Å². The number of allylic oxidation sites excluding steroid dienone is 2. The third-order valence-electron chi connectivity index (χ3n) is 5.75. The van der Waals surface area contributed by atoms with Crippen molar-refractivity contribution in [3.05, 3.63) is 96.1 Å². The van der Waals surface area contributed by atoms with Crippen molar-refractivity contribution in [2.45, 2.75) is 0 Å². The molecule has 4 rings (SSSR count). The van der Waals surface area contributed by atoms with Gasteiger partial charge in [0.15, 0.2) is 11.6 Å². The number of fused-ring (bicyclic) bond motifs is 1. The summed E-state index contributed by atoms with van der Waals surface area (Å²) in [6, 6.07) is 24.4. The van der Waals surface area contributed by atoms with E-state index in [0.29, 0.717) is 11.6 Å². The maximum Gasteiger partial charge on any atom is 0.176 e. The first kappa shape index (κ1) is 26.1. The van der Waals surface area contributed by atoms with E-state index in [9.17, 15) is 0 Å². The SMILES string of the molecule is CN(C)c1ccc(/C=C\C=N\Nc2nnc(N/N=C/C=C\c3ccc(N(C)C)cc3)c3ccccc23)cc1. The molecule has 0 saturated heterocycles. The van der Waals surface area contributed by atoms with E-state index in [0.717, 1.165) is 33.3 Å². The van der Waals surface area contributed by atoms with Gasteiger partial charge in [-0.1, -0.05) is 60.7 Å². The van der Waals surface area contributed by atoms with Crippen LogP contribution in [-0.2, 0) is 0 Å². The zero-order chi connectivity index (χ0) is 26.7. The molecule has 0 unspecified atom stereocenters. The number of nitrogens with one attached hydrogen (secondary N) is 2. The predicted molar refractivity (Wildman–Crippen MR) is 163 cm³/mol. The van der Waals surface area contributed by atoms with Crippen molar-refractivity contribution in [2.75, 3.05) is 48.8 Å². The molecule has 2 N–H and O–H groups in total. The lowest BCUT2D eigenvalue weighted by molar-refractivity contribution is 1.03. The molecule has 1 heterocycles. The van der Waals surface area contributed by atoms with Crippen LogP contribution in [0.1, 0.15) is 11.1 Å². The number of rotatable bonds is 10. The Morgan fingerprint density at radius 3 is 1.34 bits per heavy atom. The Balaban J connectivity index is 1.37. The van der Waals surface area contributed by atoms with Gasteiger partial charge in [-0.2, -0.15) is 10.2 Å². The summed E-state index contributed by atoms with van der Waals surface area (Å²) in [5.41, 5.74) is 10.5. The number of anilines is 4. The topological polar surface area (TPSA) is 81.0 Å². The number of aromatic nitrogens is 2. The van der Waals surface area contributed by atoms with Crippen molar-refractivity contribution in [1.82, 2.24) is 10.2 Å². The Bertz CT molecular complexity index is 1340. The first-order valence-corrected chi connectivity index (χ1v) is 12.2. The van der Waals surface area contributed by atoms with Crippen LogP contribution in [0.15, 0.2) is 95.2 Å². The quantitative estimate of drug-likeness (QED) is 0.204. The Kier molecular flexibility index (Phi) is 8.80. The molecule has 0 aliphatic carbocycles. The van der Waals surface area contributed by atoms with E-state index >= 15 is 0 Å². The molecule has 0 radical (unpaired) electrons. The highest BCUT2D eigenvalue weighted by molar-refractivity contribution is 5.98. The molecule has 0 spiro atoms. The Labute approximate surface area is 223 Å². The summed E-state index contributed by atoms with van der Waals surface area (Å²) < 4.78 is 0. The van der Waals surface area contributed by atoms with Crippen molar-refractivity contribution >= 4 is 58.4 Å². The highest BCUT2D eigenvalue weighted by atomic mass is 15.4. The predicted octanol–water partition coefficient (Wildman–Crippen LogP) is 5.98. The first-order valence-electron chi connectivity index (χ1n) is 12.2. The zero-order valence-electron chi connectivity index (χ0n) is 22.1. The van der Waals surface area contributed by atoms with Gasteiger partial charge in [0.05, 0.1) is 0 Å². The Morgan fingerprint density at radius 2 is 0.974 bits per heavy atom. The average Bonchev–Trinajstić information content (AvgIpc) is 2.94. The van der Waals surface area contributed by atoms with Gasteiger partial charge < -0.3 is 9.80 Å². The van der Waals surface area contributed by atoms with Gasteiger partial charge in [-0.25, -0.2) is 0 Å². The van der Waals surface area contributed by atoms with Crippen molar-refractivity contribution in [2.24, 2.45) is 10.2 Å². The summed E-state index contributed by atoms with van der Waals surface area (Å²) in [5.74, 6) is 1.13. The van der Waals surface area contributed by atoms with Gasteiger partial charge in [-0.15, -0.1) is 10.2 Å². The molecule has 0 aliphatic rings. The molecule has 0 amide bonds. The van der Waals surface area contributed by atoms with Crippen LogP contribution in [0.2, 0.25) is 0 Å². The fourth-order valence-corrected chi connectivity index (χ4v) is 3.63. The van der Waals surface area contributed by atoms with Gasteiger partial charge in [-0.05, 0) is 47.5 Å². The van der Waals surface area contributed by atoms with Crippen LogP contribution in [-0.4, -0.2) is 50.8 Å². The number of hydrogen-bond acceptors (Lipinski definition) is 8. The molecule has 8 nitrogen and oxygen atoms in total. The van der Waals surface area contributed by atoms with Gasteiger partial charge in [0.1, 0.15) is 0 Å². The molecule has 0 bridgehead atoms. The van der Waals surface area contributed by atoms with E-state index in [-0.39, 0.29) is 0 Å². The van der Waals surface area contributed by atoms with Crippen LogP contribution < -0.4 is 20.7 Å². The molecule has 3 aromatic carbocycles. The van der Waals surface area contributed by atoms with Crippen LogP contribution in [0.25, 0.3) is 22.9 Å². The fraction of sp³-hybridized carbons (Fsp3) is 0.133. The summed E-state index contributed by atoms with van der Waals surface area (Å²) in [7, 11) is 8.10. The highest BCUT2D eigenvalue weighted by Crippen LogP contribution is 2.25. The largest absolute Gasteiger partial charge is 0.378 e. The van der Waals surface area contributed by atoms with E-state index in [1.165, 1.54) is 0 Å². The Morgan fingerprint density at radius 1 is 0.579 bits per heavy atom. The molecular formula is C30H32N8. The minimum atomic E-state index is 0.566. The number of nitrogens with zero attached hydrogens (tertiary/aromatic N) is 6. The van der Waals surface area contributed by atoms with Gasteiger partial charge in [0.2, 0.25) is 0 Å². The summed E-state index contributed by atoms with van der Waals surface area (Å²) in [4.78, 5) is 4.14. The van der Waals surface area contributed by atoms with Crippen LogP contribution >= 0.6 is 0 Å². The molecule has 0 aliphatic heterocycles. The van der Waals surface area contributed by atoms with Gasteiger partial charge in [-0.3, -0.25) is 10.9 Å². The van der Waals surface area contributed by atoms with Gasteiger partial charge in [0, 0.05) is 62.8 Å². The summed E-state index contributed by atoms with van der Waals surface area (Å²) in [6.07, 6.45) is 11.1. The molecule has 4 aromatic rings. The fourth-order valence-electron chi connectivity index (χ4n) is 3.63. The van der Waals surface area contributed by atoms with Crippen molar-refractivity contribution in [3.63, 3.8) is 0 Å².